The van der Waals surface area contributed by atoms with Crippen molar-refractivity contribution in [1.82, 2.24) is 10.1 Å². The summed E-state index contributed by atoms with van der Waals surface area (Å²) in [5, 5.41) is 4.68. The molecule has 8 heteroatoms. The predicted octanol–water partition coefficient (Wildman–Crippen LogP) is 2.46. The summed E-state index contributed by atoms with van der Waals surface area (Å²) in [4.78, 5) is 6.35. The fraction of sp³-hybridized carbons (Fsp3) is 0.333. The van der Waals surface area contributed by atoms with Crippen LogP contribution in [-0.4, -0.2) is 36.4 Å². The zero-order valence-corrected chi connectivity index (χ0v) is 12.0. The van der Waals surface area contributed by atoms with Gasteiger partial charge >= 0.3 is 0 Å². The minimum Gasteiger partial charge on any atom is -0.396 e. The standard InChI is InChI=1S/C12H12Cl2N4O2/c13-8-5-7(6-9(14)10(8)15)11-16-12(17-20-11)18-1-3-19-4-2-18/h5-6H,1-4,15H2. The molecule has 106 valence electrons. The number of nitrogens with zero attached hydrogens (tertiary/aromatic N) is 3. The molecule has 1 aliphatic heterocycles. The van der Waals surface area contributed by atoms with Gasteiger partial charge in [0.05, 0.1) is 28.9 Å². The molecule has 0 aliphatic carbocycles. The highest BCUT2D eigenvalue weighted by atomic mass is 35.5. The maximum atomic E-state index is 6.00. The number of aromatic nitrogens is 2. The second-order valence-corrected chi connectivity index (χ2v) is 5.17. The van der Waals surface area contributed by atoms with E-state index in [-0.39, 0.29) is 0 Å². The van der Waals surface area contributed by atoms with Crippen LogP contribution in [0.25, 0.3) is 11.5 Å². The number of halogens is 2. The van der Waals surface area contributed by atoms with E-state index < -0.39 is 0 Å². The molecular weight excluding hydrogens is 303 g/mol. The molecule has 1 aromatic carbocycles. The first-order chi connectivity index (χ1) is 9.65. The van der Waals surface area contributed by atoms with Crippen molar-refractivity contribution in [3.63, 3.8) is 0 Å². The molecule has 0 bridgehead atoms. The Morgan fingerprint density at radius 2 is 1.80 bits per heavy atom. The van der Waals surface area contributed by atoms with Gasteiger partial charge in [-0.05, 0) is 17.3 Å². The van der Waals surface area contributed by atoms with Gasteiger partial charge in [-0.2, -0.15) is 4.98 Å². The van der Waals surface area contributed by atoms with Crippen molar-refractivity contribution in [2.75, 3.05) is 36.9 Å². The average molecular weight is 315 g/mol. The molecular formula is C12H12Cl2N4O2. The molecule has 2 N–H and O–H groups in total. The second-order valence-electron chi connectivity index (χ2n) is 4.35. The minimum absolute atomic E-state index is 0.338. The van der Waals surface area contributed by atoms with Gasteiger partial charge in [0.1, 0.15) is 0 Å². The minimum atomic E-state index is 0.338. The maximum absolute atomic E-state index is 6.00. The third-order valence-corrected chi connectivity index (χ3v) is 3.66. The van der Waals surface area contributed by atoms with Crippen LogP contribution in [0.15, 0.2) is 16.7 Å². The SMILES string of the molecule is Nc1c(Cl)cc(-c2nc(N3CCOCC3)no2)cc1Cl. The van der Waals surface area contributed by atoms with Crippen LogP contribution < -0.4 is 10.6 Å². The lowest BCUT2D eigenvalue weighted by Gasteiger charge is -2.24. The number of nitrogen functional groups attached to an aromatic ring is 1. The molecule has 0 spiro atoms. The fourth-order valence-electron chi connectivity index (χ4n) is 1.93. The van der Waals surface area contributed by atoms with Crippen LogP contribution in [0.5, 0.6) is 0 Å². The highest BCUT2D eigenvalue weighted by Gasteiger charge is 2.18. The lowest BCUT2D eigenvalue weighted by atomic mass is 10.2. The van der Waals surface area contributed by atoms with Gasteiger partial charge in [-0.15, -0.1) is 0 Å². The van der Waals surface area contributed by atoms with Crippen molar-refractivity contribution in [2.45, 2.75) is 0 Å². The third kappa shape index (κ3) is 2.54. The number of hydrogen-bond acceptors (Lipinski definition) is 6. The van der Waals surface area contributed by atoms with Crippen LogP contribution in [0.1, 0.15) is 0 Å². The van der Waals surface area contributed by atoms with Crippen LogP contribution in [0, 0.1) is 0 Å². The van der Waals surface area contributed by atoms with Gasteiger partial charge in [0.15, 0.2) is 0 Å². The number of anilines is 2. The van der Waals surface area contributed by atoms with E-state index >= 15 is 0 Å². The fourth-order valence-corrected chi connectivity index (χ4v) is 2.42. The molecule has 0 radical (unpaired) electrons. The van der Waals surface area contributed by atoms with Gasteiger partial charge < -0.3 is 19.9 Å². The molecule has 0 amide bonds. The highest BCUT2D eigenvalue weighted by Crippen LogP contribution is 2.33. The summed E-state index contributed by atoms with van der Waals surface area (Å²) in [7, 11) is 0. The van der Waals surface area contributed by atoms with Crippen molar-refractivity contribution < 1.29 is 9.26 Å². The maximum Gasteiger partial charge on any atom is 0.266 e. The molecule has 1 saturated heterocycles. The van der Waals surface area contributed by atoms with Crippen molar-refractivity contribution in [3.8, 4) is 11.5 Å². The quantitative estimate of drug-likeness (QED) is 0.858. The molecule has 0 unspecified atom stereocenters. The highest BCUT2D eigenvalue weighted by molar-refractivity contribution is 6.39. The number of nitrogens with two attached hydrogens (primary N) is 1. The van der Waals surface area contributed by atoms with Crippen LogP contribution in [0.4, 0.5) is 11.6 Å². The second kappa shape index (κ2) is 5.47. The summed E-state index contributed by atoms with van der Waals surface area (Å²) in [6.45, 7) is 2.79. The Bertz CT molecular complexity index is 603. The van der Waals surface area contributed by atoms with Gasteiger partial charge in [0, 0.05) is 18.7 Å². The first-order valence-electron chi connectivity index (χ1n) is 6.06. The Morgan fingerprint density at radius 1 is 1.15 bits per heavy atom. The number of ether oxygens (including phenoxy) is 1. The van der Waals surface area contributed by atoms with E-state index in [2.05, 4.69) is 10.1 Å². The number of benzene rings is 1. The smallest absolute Gasteiger partial charge is 0.266 e. The van der Waals surface area contributed by atoms with Gasteiger partial charge in [-0.1, -0.05) is 23.2 Å². The lowest BCUT2D eigenvalue weighted by molar-refractivity contribution is 0.121. The monoisotopic (exact) mass is 314 g/mol. The van der Waals surface area contributed by atoms with Crippen LogP contribution in [0.2, 0.25) is 10.0 Å². The van der Waals surface area contributed by atoms with Gasteiger partial charge in [-0.25, -0.2) is 0 Å². The zero-order chi connectivity index (χ0) is 14.1. The first kappa shape index (κ1) is 13.5. The normalized spacial score (nSPS) is 15.6. The Hall–Kier alpha value is -1.50. The van der Waals surface area contributed by atoms with Crippen LogP contribution in [0.3, 0.4) is 0 Å². The molecule has 6 nitrogen and oxygen atoms in total. The molecule has 0 atom stereocenters. The Balaban J connectivity index is 1.89. The van der Waals surface area contributed by atoms with E-state index in [0.29, 0.717) is 46.3 Å². The Kier molecular flexibility index (Phi) is 3.69. The van der Waals surface area contributed by atoms with Gasteiger partial charge in [0.25, 0.3) is 11.8 Å². The van der Waals surface area contributed by atoms with E-state index in [0.717, 1.165) is 13.1 Å². The van der Waals surface area contributed by atoms with Gasteiger partial charge in [-0.3, -0.25) is 0 Å². The summed E-state index contributed by atoms with van der Waals surface area (Å²) in [6, 6.07) is 3.30. The van der Waals surface area contributed by atoms with Crippen LogP contribution >= 0.6 is 23.2 Å². The molecule has 20 heavy (non-hydrogen) atoms. The molecule has 1 aromatic heterocycles. The van der Waals surface area contributed by atoms with Crippen molar-refractivity contribution in [3.05, 3.63) is 22.2 Å². The molecule has 2 heterocycles. The first-order valence-corrected chi connectivity index (χ1v) is 6.82. The van der Waals surface area contributed by atoms with E-state index in [1.54, 1.807) is 12.1 Å². The van der Waals surface area contributed by atoms with E-state index in [1.807, 2.05) is 4.90 Å². The molecule has 2 aromatic rings. The van der Waals surface area contributed by atoms with Crippen molar-refractivity contribution in [2.24, 2.45) is 0 Å². The van der Waals surface area contributed by atoms with Crippen molar-refractivity contribution >= 4 is 34.8 Å². The van der Waals surface area contributed by atoms with Crippen LogP contribution in [-0.2, 0) is 4.74 Å². The molecule has 1 fully saturated rings. The average Bonchev–Trinajstić information content (AvgIpc) is 2.95. The summed E-state index contributed by atoms with van der Waals surface area (Å²) in [5.74, 6) is 0.891. The van der Waals surface area contributed by atoms with Gasteiger partial charge in [0.2, 0.25) is 0 Å². The lowest BCUT2D eigenvalue weighted by Crippen LogP contribution is -2.36. The molecule has 0 saturated carbocycles. The van der Waals surface area contributed by atoms with Crippen molar-refractivity contribution in [1.29, 1.82) is 0 Å². The number of morpholine rings is 1. The van der Waals surface area contributed by atoms with E-state index in [1.165, 1.54) is 0 Å². The largest absolute Gasteiger partial charge is 0.396 e. The number of hydrogen-bond donors (Lipinski definition) is 1. The summed E-state index contributed by atoms with van der Waals surface area (Å²) in [5.41, 5.74) is 6.68. The molecule has 1 aliphatic rings. The number of rotatable bonds is 2. The van der Waals surface area contributed by atoms with E-state index in [9.17, 15) is 0 Å². The third-order valence-electron chi connectivity index (χ3n) is 3.04. The van der Waals surface area contributed by atoms with E-state index in [4.69, 9.17) is 38.2 Å². The summed E-state index contributed by atoms with van der Waals surface area (Å²) >= 11 is 12.0. The molecule has 3 rings (SSSR count). The zero-order valence-electron chi connectivity index (χ0n) is 10.5. The summed E-state index contributed by atoms with van der Waals surface area (Å²) in [6.07, 6.45) is 0. The predicted molar refractivity (Wildman–Crippen MR) is 77.2 cm³/mol. The summed E-state index contributed by atoms with van der Waals surface area (Å²) < 4.78 is 10.5. The Morgan fingerprint density at radius 3 is 2.45 bits per heavy atom. The topological polar surface area (TPSA) is 77.4 Å². The Labute approximate surface area is 125 Å².